The summed E-state index contributed by atoms with van der Waals surface area (Å²) in [6.45, 7) is 7.35. The summed E-state index contributed by atoms with van der Waals surface area (Å²) in [6, 6.07) is 0. The normalized spacial score (nSPS) is 39.2. The van der Waals surface area contributed by atoms with Crippen LogP contribution in [0.4, 0.5) is 0 Å². The molecule has 0 radical (unpaired) electrons. The third-order valence-corrected chi connectivity index (χ3v) is 4.49. The van der Waals surface area contributed by atoms with Gasteiger partial charge in [0.1, 0.15) is 0 Å². The maximum Gasteiger partial charge on any atom is 0.000791 e. The first-order valence-electron chi connectivity index (χ1n) is 6.43. The molecular formula is C13H25N. The van der Waals surface area contributed by atoms with Crippen LogP contribution in [-0.2, 0) is 0 Å². The molecule has 2 fully saturated rings. The molecule has 1 saturated heterocycles. The van der Waals surface area contributed by atoms with Gasteiger partial charge >= 0.3 is 0 Å². The lowest BCUT2D eigenvalue weighted by atomic mass is 9.80. The van der Waals surface area contributed by atoms with Crippen LogP contribution in [0.15, 0.2) is 0 Å². The van der Waals surface area contributed by atoms with Gasteiger partial charge in [-0.15, -0.1) is 0 Å². The van der Waals surface area contributed by atoms with Gasteiger partial charge in [-0.3, -0.25) is 0 Å². The van der Waals surface area contributed by atoms with E-state index in [1.165, 1.54) is 51.6 Å². The van der Waals surface area contributed by atoms with Crippen LogP contribution < -0.4 is 5.32 Å². The van der Waals surface area contributed by atoms with Crippen molar-refractivity contribution in [3.8, 4) is 0 Å². The Bertz CT molecular complexity index is 178. The Kier molecular flexibility index (Phi) is 3.16. The smallest absolute Gasteiger partial charge is 0.000791 e. The monoisotopic (exact) mass is 195 g/mol. The summed E-state index contributed by atoms with van der Waals surface area (Å²) in [5.41, 5.74) is 0.700. The fraction of sp³-hybridized carbons (Fsp3) is 1.00. The third-order valence-electron chi connectivity index (χ3n) is 4.49. The van der Waals surface area contributed by atoms with Gasteiger partial charge in [-0.2, -0.15) is 0 Å². The van der Waals surface area contributed by atoms with Crippen molar-refractivity contribution in [2.75, 3.05) is 13.1 Å². The van der Waals surface area contributed by atoms with E-state index in [0.717, 1.165) is 11.8 Å². The Hall–Kier alpha value is -0.0400. The predicted molar refractivity (Wildman–Crippen MR) is 61.3 cm³/mol. The quantitative estimate of drug-likeness (QED) is 0.677. The highest BCUT2D eigenvalue weighted by molar-refractivity contribution is 4.92. The fourth-order valence-electron chi connectivity index (χ4n) is 3.40. The molecule has 0 unspecified atom stereocenters. The Labute approximate surface area is 88.7 Å². The minimum atomic E-state index is 0.700. The molecule has 0 aromatic heterocycles. The number of rotatable bonds is 1. The summed E-state index contributed by atoms with van der Waals surface area (Å²) in [4.78, 5) is 0. The third kappa shape index (κ3) is 2.13. The molecule has 1 heterocycles. The zero-order valence-electron chi connectivity index (χ0n) is 9.81. The lowest BCUT2D eigenvalue weighted by Gasteiger charge is -2.28. The van der Waals surface area contributed by atoms with Crippen LogP contribution in [0.1, 0.15) is 52.4 Å². The first kappa shape index (κ1) is 10.5. The van der Waals surface area contributed by atoms with Gasteiger partial charge in [-0.25, -0.2) is 0 Å². The van der Waals surface area contributed by atoms with E-state index in [9.17, 15) is 0 Å². The van der Waals surface area contributed by atoms with Crippen molar-refractivity contribution in [3.05, 3.63) is 0 Å². The second-order valence-corrected chi connectivity index (χ2v) is 5.88. The Morgan fingerprint density at radius 3 is 2.79 bits per heavy atom. The molecule has 2 aliphatic rings. The molecule has 14 heavy (non-hydrogen) atoms. The topological polar surface area (TPSA) is 12.0 Å². The van der Waals surface area contributed by atoms with Gasteiger partial charge in [0.05, 0.1) is 0 Å². The second kappa shape index (κ2) is 4.22. The number of hydrogen-bond acceptors (Lipinski definition) is 1. The molecule has 0 aromatic carbocycles. The summed E-state index contributed by atoms with van der Waals surface area (Å²) in [5, 5.41) is 3.64. The summed E-state index contributed by atoms with van der Waals surface area (Å²) in [6.07, 6.45) is 8.81. The van der Waals surface area contributed by atoms with Crippen molar-refractivity contribution in [2.45, 2.75) is 52.4 Å². The molecule has 0 amide bonds. The van der Waals surface area contributed by atoms with Gasteiger partial charge in [0, 0.05) is 6.54 Å². The average Bonchev–Trinajstić information content (AvgIpc) is 2.41. The van der Waals surface area contributed by atoms with Gasteiger partial charge < -0.3 is 5.32 Å². The SMILES string of the molecule is CC(C)[C@@H]1CC[C@@]2(CCCCNC2)C1. The molecule has 1 N–H and O–H groups in total. The first-order valence-corrected chi connectivity index (χ1v) is 6.43. The van der Waals surface area contributed by atoms with Crippen LogP contribution >= 0.6 is 0 Å². The molecule has 1 saturated carbocycles. The molecule has 2 atom stereocenters. The molecular weight excluding hydrogens is 170 g/mol. The lowest BCUT2D eigenvalue weighted by Crippen LogP contribution is -2.30. The zero-order valence-corrected chi connectivity index (χ0v) is 9.81. The number of nitrogens with one attached hydrogen (secondary N) is 1. The second-order valence-electron chi connectivity index (χ2n) is 5.88. The highest BCUT2D eigenvalue weighted by Gasteiger charge is 2.39. The lowest BCUT2D eigenvalue weighted by molar-refractivity contribution is 0.247. The first-order chi connectivity index (χ1) is 6.72. The van der Waals surface area contributed by atoms with Crippen molar-refractivity contribution in [1.82, 2.24) is 5.32 Å². The Balaban J connectivity index is 1.96. The van der Waals surface area contributed by atoms with Crippen molar-refractivity contribution in [2.24, 2.45) is 17.3 Å². The molecule has 1 aliphatic carbocycles. The Morgan fingerprint density at radius 2 is 2.07 bits per heavy atom. The zero-order chi connectivity index (χ0) is 10.0. The summed E-state index contributed by atoms with van der Waals surface area (Å²) >= 11 is 0. The van der Waals surface area contributed by atoms with Crippen LogP contribution in [0.25, 0.3) is 0 Å². The van der Waals surface area contributed by atoms with Crippen LogP contribution in [-0.4, -0.2) is 13.1 Å². The highest BCUT2D eigenvalue weighted by atomic mass is 14.9. The van der Waals surface area contributed by atoms with E-state index >= 15 is 0 Å². The summed E-state index contributed by atoms with van der Waals surface area (Å²) in [5.74, 6) is 1.91. The minimum absolute atomic E-state index is 0.700. The van der Waals surface area contributed by atoms with E-state index in [0.29, 0.717) is 5.41 Å². The number of hydrogen-bond donors (Lipinski definition) is 1. The van der Waals surface area contributed by atoms with Gasteiger partial charge in [-0.05, 0) is 55.9 Å². The fourth-order valence-corrected chi connectivity index (χ4v) is 3.40. The minimum Gasteiger partial charge on any atom is -0.316 e. The maximum atomic E-state index is 3.64. The Morgan fingerprint density at radius 1 is 1.21 bits per heavy atom. The van der Waals surface area contributed by atoms with Gasteiger partial charge in [0.2, 0.25) is 0 Å². The highest BCUT2D eigenvalue weighted by Crippen LogP contribution is 2.47. The van der Waals surface area contributed by atoms with Gasteiger partial charge in [0.15, 0.2) is 0 Å². The molecule has 1 aliphatic heterocycles. The van der Waals surface area contributed by atoms with Gasteiger partial charge in [-0.1, -0.05) is 20.3 Å². The molecule has 0 aromatic rings. The molecule has 1 heteroatoms. The van der Waals surface area contributed by atoms with Crippen LogP contribution in [0.3, 0.4) is 0 Å². The maximum absolute atomic E-state index is 3.64. The predicted octanol–water partition coefficient (Wildman–Crippen LogP) is 3.20. The molecule has 82 valence electrons. The van der Waals surface area contributed by atoms with Crippen molar-refractivity contribution in [1.29, 1.82) is 0 Å². The molecule has 0 bridgehead atoms. The van der Waals surface area contributed by atoms with E-state index in [-0.39, 0.29) is 0 Å². The van der Waals surface area contributed by atoms with E-state index in [1.807, 2.05) is 0 Å². The molecule has 1 spiro atoms. The van der Waals surface area contributed by atoms with Crippen molar-refractivity contribution < 1.29 is 0 Å². The van der Waals surface area contributed by atoms with Crippen LogP contribution in [0.2, 0.25) is 0 Å². The van der Waals surface area contributed by atoms with Crippen molar-refractivity contribution >= 4 is 0 Å². The van der Waals surface area contributed by atoms with E-state index in [2.05, 4.69) is 19.2 Å². The van der Waals surface area contributed by atoms with Crippen LogP contribution in [0.5, 0.6) is 0 Å². The van der Waals surface area contributed by atoms with Crippen LogP contribution in [0, 0.1) is 17.3 Å². The van der Waals surface area contributed by atoms with E-state index in [1.54, 1.807) is 0 Å². The van der Waals surface area contributed by atoms with Crippen molar-refractivity contribution in [3.63, 3.8) is 0 Å². The standard InChI is InChI=1S/C13H25N/c1-11(2)12-5-7-13(9-12)6-3-4-8-14-10-13/h11-12,14H,3-10H2,1-2H3/t12-,13+/m1/s1. The van der Waals surface area contributed by atoms with Gasteiger partial charge in [0.25, 0.3) is 0 Å². The largest absolute Gasteiger partial charge is 0.316 e. The van der Waals surface area contributed by atoms with E-state index in [4.69, 9.17) is 0 Å². The summed E-state index contributed by atoms with van der Waals surface area (Å²) < 4.78 is 0. The molecule has 1 nitrogen and oxygen atoms in total. The molecule has 2 rings (SSSR count). The average molecular weight is 195 g/mol. The summed E-state index contributed by atoms with van der Waals surface area (Å²) in [7, 11) is 0. The van der Waals surface area contributed by atoms with E-state index < -0.39 is 0 Å².